The molecule has 2 rings (SSSR count). The largest absolute Gasteiger partial charge is 0.462 e. The number of carbonyl (C=O) groups excluding carboxylic acids is 1. The fourth-order valence-electron chi connectivity index (χ4n) is 2.25. The maximum atomic E-state index is 12.5. The number of carbonyl (C=O) groups is 1. The fourth-order valence-corrected chi connectivity index (χ4v) is 3.87. The predicted molar refractivity (Wildman–Crippen MR) is 106 cm³/mol. The fraction of sp³-hybridized carbons (Fsp3) is 0.350. The minimum absolute atomic E-state index is 0.197. The zero-order valence-electron chi connectivity index (χ0n) is 15.0. The first-order valence-corrected chi connectivity index (χ1v) is 13.0. The van der Waals surface area contributed by atoms with Crippen molar-refractivity contribution < 1.29 is 9.53 Å². The van der Waals surface area contributed by atoms with Crippen LogP contribution in [-0.4, -0.2) is 20.7 Å². The van der Waals surface area contributed by atoms with E-state index in [1.807, 2.05) is 30.3 Å². The average Bonchev–Trinajstić information content (AvgIpc) is 2.52. The van der Waals surface area contributed by atoms with Gasteiger partial charge in [0, 0.05) is 18.7 Å². The maximum absolute atomic E-state index is 12.5. The van der Waals surface area contributed by atoms with Crippen LogP contribution in [0.1, 0.15) is 21.5 Å². The molecule has 0 spiro atoms. The van der Waals surface area contributed by atoms with Crippen LogP contribution in [0.4, 0.5) is 0 Å². The van der Waals surface area contributed by atoms with E-state index < -0.39 is 8.07 Å². The molecular formula is C20H26O2SSi. The Bertz CT molecular complexity index is 678. The number of aryl methyl sites for hydroxylation is 1. The second-order valence-corrected chi connectivity index (χ2v) is 13.9. The smallest absolute Gasteiger partial charge is 0.338 e. The van der Waals surface area contributed by atoms with Crippen LogP contribution in [0.3, 0.4) is 0 Å². The molecule has 0 aliphatic heterocycles. The Balaban J connectivity index is 2.05. The molecule has 0 bridgehead atoms. The van der Waals surface area contributed by atoms with Crippen LogP contribution in [0, 0.1) is 6.92 Å². The molecule has 0 unspecified atom stereocenters. The number of esters is 1. The summed E-state index contributed by atoms with van der Waals surface area (Å²) in [4.78, 5) is 13.7. The molecule has 24 heavy (non-hydrogen) atoms. The summed E-state index contributed by atoms with van der Waals surface area (Å²) < 4.78 is 5.52. The summed E-state index contributed by atoms with van der Waals surface area (Å²) in [6.07, 6.45) is 0. The van der Waals surface area contributed by atoms with Gasteiger partial charge in [0.15, 0.2) is 0 Å². The van der Waals surface area contributed by atoms with Gasteiger partial charge in [0.2, 0.25) is 0 Å². The topological polar surface area (TPSA) is 26.3 Å². The molecule has 128 valence electrons. The lowest BCUT2D eigenvalue weighted by molar-refractivity contribution is 0.0524. The Hall–Kier alpha value is -1.52. The molecule has 0 saturated heterocycles. The summed E-state index contributed by atoms with van der Waals surface area (Å²) >= 11 is 1.74. The normalized spacial score (nSPS) is 11.3. The Kier molecular flexibility index (Phi) is 6.69. The molecule has 2 aromatic rings. The second-order valence-electron chi connectivity index (χ2n) is 7.21. The minimum Gasteiger partial charge on any atom is -0.462 e. The standard InChI is InChI=1S/C20H26O2SSi/c1-16-10-11-19(20(21)22-12-13-24(2,3)4)17(14-16)15-23-18-8-6-5-7-9-18/h5-11,14H,12-13,15H2,1-4H3. The van der Waals surface area contributed by atoms with Crippen molar-refractivity contribution in [2.75, 3.05) is 6.61 Å². The molecule has 0 aromatic heterocycles. The lowest BCUT2D eigenvalue weighted by atomic mass is 10.1. The van der Waals surface area contributed by atoms with Crippen molar-refractivity contribution in [2.24, 2.45) is 0 Å². The molecule has 0 radical (unpaired) electrons. The van der Waals surface area contributed by atoms with Gasteiger partial charge >= 0.3 is 5.97 Å². The molecule has 0 aliphatic rings. The van der Waals surface area contributed by atoms with Crippen molar-refractivity contribution in [2.45, 2.75) is 43.3 Å². The molecule has 2 aromatic carbocycles. The Labute approximate surface area is 150 Å². The van der Waals surface area contributed by atoms with E-state index in [2.05, 4.69) is 44.8 Å². The maximum Gasteiger partial charge on any atom is 0.338 e. The summed E-state index contributed by atoms with van der Waals surface area (Å²) in [5.74, 6) is 0.571. The van der Waals surface area contributed by atoms with Crippen LogP contribution in [0.25, 0.3) is 0 Å². The Morgan fingerprint density at radius 1 is 1.08 bits per heavy atom. The molecule has 0 saturated carbocycles. The number of benzene rings is 2. The van der Waals surface area contributed by atoms with Crippen molar-refractivity contribution in [3.8, 4) is 0 Å². The zero-order valence-corrected chi connectivity index (χ0v) is 16.8. The van der Waals surface area contributed by atoms with E-state index in [-0.39, 0.29) is 5.97 Å². The van der Waals surface area contributed by atoms with E-state index in [0.717, 1.165) is 22.9 Å². The van der Waals surface area contributed by atoms with Gasteiger partial charge in [-0.2, -0.15) is 0 Å². The third-order valence-corrected chi connectivity index (χ3v) is 6.47. The van der Waals surface area contributed by atoms with Crippen LogP contribution in [0.2, 0.25) is 25.7 Å². The van der Waals surface area contributed by atoms with Crippen molar-refractivity contribution >= 4 is 25.8 Å². The van der Waals surface area contributed by atoms with Gasteiger partial charge < -0.3 is 4.74 Å². The summed E-state index contributed by atoms with van der Waals surface area (Å²) in [6.45, 7) is 9.43. The first-order chi connectivity index (χ1) is 11.3. The van der Waals surface area contributed by atoms with Gasteiger partial charge in [-0.1, -0.05) is 55.5 Å². The van der Waals surface area contributed by atoms with E-state index in [1.165, 1.54) is 4.90 Å². The van der Waals surface area contributed by atoms with E-state index in [1.54, 1.807) is 11.8 Å². The van der Waals surface area contributed by atoms with Crippen LogP contribution in [0.5, 0.6) is 0 Å². The molecule has 0 heterocycles. The van der Waals surface area contributed by atoms with Gasteiger partial charge in [-0.05, 0) is 36.7 Å². The Morgan fingerprint density at radius 2 is 1.79 bits per heavy atom. The predicted octanol–water partition coefficient (Wildman–Crippen LogP) is 5.78. The highest BCUT2D eigenvalue weighted by atomic mass is 32.2. The summed E-state index contributed by atoms with van der Waals surface area (Å²) in [7, 11) is -1.19. The number of hydrogen-bond donors (Lipinski definition) is 0. The average molecular weight is 359 g/mol. The first kappa shape index (κ1) is 18.8. The summed E-state index contributed by atoms with van der Waals surface area (Å²) in [5, 5.41) is 0. The lowest BCUT2D eigenvalue weighted by Gasteiger charge is -2.16. The van der Waals surface area contributed by atoms with E-state index in [9.17, 15) is 4.79 Å². The lowest BCUT2D eigenvalue weighted by Crippen LogP contribution is -2.23. The number of ether oxygens (including phenoxy) is 1. The number of hydrogen-bond acceptors (Lipinski definition) is 3. The molecule has 2 nitrogen and oxygen atoms in total. The highest BCUT2D eigenvalue weighted by molar-refractivity contribution is 7.98. The minimum atomic E-state index is -1.19. The Morgan fingerprint density at radius 3 is 2.46 bits per heavy atom. The molecule has 0 atom stereocenters. The molecule has 4 heteroatoms. The first-order valence-electron chi connectivity index (χ1n) is 8.30. The highest BCUT2D eigenvalue weighted by Crippen LogP contribution is 2.25. The van der Waals surface area contributed by atoms with Crippen LogP contribution < -0.4 is 0 Å². The van der Waals surface area contributed by atoms with Crippen molar-refractivity contribution in [1.82, 2.24) is 0 Å². The monoisotopic (exact) mass is 358 g/mol. The van der Waals surface area contributed by atoms with Gasteiger partial charge in [-0.15, -0.1) is 11.8 Å². The second kappa shape index (κ2) is 8.54. The van der Waals surface area contributed by atoms with E-state index in [4.69, 9.17) is 4.74 Å². The van der Waals surface area contributed by atoms with Gasteiger partial charge in [0.1, 0.15) is 0 Å². The molecule has 0 aliphatic carbocycles. The summed E-state index contributed by atoms with van der Waals surface area (Å²) in [5.41, 5.74) is 2.90. The van der Waals surface area contributed by atoms with Crippen molar-refractivity contribution in [3.05, 3.63) is 65.2 Å². The molecule has 0 fully saturated rings. The van der Waals surface area contributed by atoms with Crippen molar-refractivity contribution in [3.63, 3.8) is 0 Å². The van der Waals surface area contributed by atoms with Gasteiger partial charge in [-0.25, -0.2) is 4.79 Å². The molecule has 0 N–H and O–H groups in total. The van der Waals surface area contributed by atoms with Gasteiger partial charge in [0.05, 0.1) is 12.2 Å². The molecular weight excluding hydrogens is 332 g/mol. The number of thioether (sulfide) groups is 1. The van der Waals surface area contributed by atoms with Gasteiger partial charge in [-0.3, -0.25) is 0 Å². The SMILES string of the molecule is Cc1ccc(C(=O)OCC[Si](C)(C)C)c(CSc2ccccc2)c1. The van der Waals surface area contributed by atoms with Crippen LogP contribution in [-0.2, 0) is 10.5 Å². The van der Waals surface area contributed by atoms with Crippen LogP contribution in [0.15, 0.2) is 53.4 Å². The van der Waals surface area contributed by atoms with Crippen molar-refractivity contribution in [1.29, 1.82) is 0 Å². The molecule has 0 amide bonds. The van der Waals surface area contributed by atoms with E-state index in [0.29, 0.717) is 12.2 Å². The third-order valence-electron chi connectivity index (χ3n) is 3.70. The number of rotatable bonds is 7. The zero-order chi connectivity index (χ0) is 17.6. The third kappa shape index (κ3) is 6.17. The quantitative estimate of drug-likeness (QED) is 0.356. The van der Waals surface area contributed by atoms with Crippen LogP contribution >= 0.6 is 11.8 Å². The highest BCUT2D eigenvalue weighted by Gasteiger charge is 2.17. The van der Waals surface area contributed by atoms with Gasteiger partial charge in [0.25, 0.3) is 0 Å². The summed E-state index contributed by atoms with van der Waals surface area (Å²) in [6, 6.07) is 17.2. The van der Waals surface area contributed by atoms with E-state index >= 15 is 0 Å².